The Morgan fingerprint density at radius 1 is 1.07 bits per heavy atom. The summed E-state index contributed by atoms with van der Waals surface area (Å²) in [6.45, 7) is 10.1. The van der Waals surface area contributed by atoms with Crippen molar-refractivity contribution >= 4 is 29.0 Å². The van der Waals surface area contributed by atoms with Gasteiger partial charge in [0.1, 0.15) is 0 Å². The molecule has 0 unspecified atom stereocenters. The van der Waals surface area contributed by atoms with Crippen molar-refractivity contribution in [1.29, 1.82) is 0 Å². The maximum absolute atomic E-state index is 5.40. The van der Waals surface area contributed by atoms with Gasteiger partial charge in [0.25, 0.3) is 0 Å². The summed E-state index contributed by atoms with van der Waals surface area (Å²) >= 11 is 5.40. The average molecular weight is 385 g/mol. The van der Waals surface area contributed by atoms with Crippen LogP contribution in [0.15, 0.2) is 42.7 Å². The van der Waals surface area contributed by atoms with Crippen LogP contribution in [0.3, 0.4) is 0 Å². The standard InChI is InChI=1S/C20H28N6S/c1-16(2)17-4-6-18(7-5-17)24-20(27)23-10-11-25-12-14-26(15-13-25)19-21-8-3-9-22-19/h3-9,16H,10-15H2,1-2H3,(H2,23,24,27). The van der Waals surface area contributed by atoms with Crippen molar-refractivity contribution in [2.75, 3.05) is 49.5 Å². The van der Waals surface area contributed by atoms with Crippen LogP contribution in [0.25, 0.3) is 0 Å². The Bertz CT molecular complexity index is 711. The molecule has 0 spiro atoms. The van der Waals surface area contributed by atoms with Crippen LogP contribution in [0.2, 0.25) is 0 Å². The molecule has 1 aromatic carbocycles. The van der Waals surface area contributed by atoms with Crippen molar-refractivity contribution in [3.8, 4) is 0 Å². The quantitative estimate of drug-likeness (QED) is 0.743. The Morgan fingerprint density at radius 3 is 2.37 bits per heavy atom. The van der Waals surface area contributed by atoms with Gasteiger partial charge in [-0.15, -0.1) is 0 Å². The molecule has 1 aliphatic heterocycles. The molecule has 2 heterocycles. The van der Waals surface area contributed by atoms with Gasteiger partial charge in [-0.25, -0.2) is 9.97 Å². The predicted octanol–water partition coefficient (Wildman–Crippen LogP) is 2.71. The number of nitrogens with zero attached hydrogens (tertiary/aromatic N) is 4. The van der Waals surface area contributed by atoms with Gasteiger partial charge in [0.15, 0.2) is 5.11 Å². The summed E-state index contributed by atoms with van der Waals surface area (Å²) < 4.78 is 0. The van der Waals surface area contributed by atoms with E-state index in [4.69, 9.17) is 12.2 Å². The van der Waals surface area contributed by atoms with Gasteiger partial charge >= 0.3 is 0 Å². The van der Waals surface area contributed by atoms with Gasteiger partial charge in [-0.05, 0) is 41.9 Å². The highest BCUT2D eigenvalue weighted by atomic mass is 32.1. The number of hydrogen-bond donors (Lipinski definition) is 2. The molecule has 2 aromatic rings. The van der Waals surface area contributed by atoms with E-state index in [0.29, 0.717) is 11.0 Å². The van der Waals surface area contributed by atoms with E-state index in [0.717, 1.165) is 50.9 Å². The lowest BCUT2D eigenvalue weighted by Gasteiger charge is -2.34. The third-order valence-electron chi connectivity index (χ3n) is 4.76. The first kappa shape index (κ1) is 19.5. The number of benzene rings is 1. The molecule has 7 heteroatoms. The zero-order chi connectivity index (χ0) is 19.1. The van der Waals surface area contributed by atoms with Crippen LogP contribution in [0, 0.1) is 0 Å². The zero-order valence-electron chi connectivity index (χ0n) is 16.1. The lowest BCUT2D eigenvalue weighted by Crippen LogP contribution is -2.49. The largest absolute Gasteiger partial charge is 0.361 e. The van der Waals surface area contributed by atoms with Crippen LogP contribution in [-0.2, 0) is 0 Å². The van der Waals surface area contributed by atoms with Crippen molar-refractivity contribution in [3.63, 3.8) is 0 Å². The van der Waals surface area contributed by atoms with Crippen molar-refractivity contribution in [3.05, 3.63) is 48.3 Å². The zero-order valence-corrected chi connectivity index (χ0v) is 16.9. The lowest BCUT2D eigenvalue weighted by atomic mass is 10.0. The molecule has 0 aliphatic carbocycles. The first-order chi connectivity index (χ1) is 13.1. The minimum Gasteiger partial charge on any atom is -0.361 e. The summed E-state index contributed by atoms with van der Waals surface area (Å²) in [6, 6.07) is 10.3. The van der Waals surface area contributed by atoms with Gasteiger partial charge in [0, 0.05) is 57.3 Å². The Morgan fingerprint density at radius 2 is 1.74 bits per heavy atom. The van der Waals surface area contributed by atoms with E-state index in [1.54, 1.807) is 12.4 Å². The molecule has 1 aliphatic rings. The van der Waals surface area contributed by atoms with Crippen LogP contribution in [0.1, 0.15) is 25.3 Å². The van der Waals surface area contributed by atoms with Gasteiger partial charge in [-0.2, -0.15) is 0 Å². The van der Waals surface area contributed by atoms with Crippen LogP contribution < -0.4 is 15.5 Å². The fourth-order valence-corrected chi connectivity index (χ4v) is 3.30. The van der Waals surface area contributed by atoms with E-state index in [2.05, 4.69) is 68.5 Å². The molecule has 1 saturated heterocycles. The van der Waals surface area contributed by atoms with Crippen LogP contribution >= 0.6 is 12.2 Å². The monoisotopic (exact) mass is 384 g/mol. The molecule has 0 saturated carbocycles. The smallest absolute Gasteiger partial charge is 0.225 e. The third-order valence-corrected chi connectivity index (χ3v) is 5.00. The molecule has 0 amide bonds. The fraction of sp³-hybridized carbons (Fsp3) is 0.450. The molecule has 1 aromatic heterocycles. The minimum absolute atomic E-state index is 0.540. The highest BCUT2D eigenvalue weighted by Crippen LogP contribution is 2.17. The first-order valence-electron chi connectivity index (χ1n) is 9.51. The fourth-order valence-electron chi connectivity index (χ4n) is 3.08. The van der Waals surface area contributed by atoms with E-state index in [1.807, 2.05) is 6.07 Å². The molecule has 0 atom stereocenters. The number of thiocarbonyl (C=S) groups is 1. The number of rotatable bonds is 6. The number of hydrogen-bond acceptors (Lipinski definition) is 5. The summed E-state index contributed by atoms with van der Waals surface area (Å²) in [6.07, 6.45) is 3.59. The van der Waals surface area contributed by atoms with E-state index >= 15 is 0 Å². The lowest BCUT2D eigenvalue weighted by molar-refractivity contribution is 0.260. The highest BCUT2D eigenvalue weighted by Gasteiger charge is 2.18. The summed E-state index contributed by atoms with van der Waals surface area (Å²) in [5.41, 5.74) is 2.35. The van der Waals surface area contributed by atoms with Gasteiger partial charge < -0.3 is 15.5 Å². The normalized spacial score (nSPS) is 15.0. The van der Waals surface area contributed by atoms with Gasteiger partial charge in [-0.1, -0.05) is 26.0 Å². The molecular weight excluding hydrogens is 356 g/mol. The van der Waals surface area contributed by atoms with Crippen molar-refractivity contribution in [2.24, 2.45) is 0 Å². The van der Waals surface area contributed by atoms with E-state index in [-0.39, 0.29) is 0 Å². The summed E-state index contributed by atoms with van der Waals surface area (Å²) in [5, 5.41) is 7.22. The average Bonchev–Trinajstić information content (AvgIpc) is 2.69. The van der Waals surface area contributed by atoms with Crippen LogP contribution in [-0.4, -0.2) is 59.2 Å². The Hall–Kier alpha value is -2.25. The number of aromatic nitrogens is 2. The molecule has 27 heavy (non-hydrogen) atoms. The molecule has 1 fully saturated rings. The summed E-state index contributed by atoms with van der Waals surface area (Å²) in [7, 11) is 0. The second-order valence-corrected chi connectivity index (χ2v) is 7.44. The number of nitrogens with one attached hydrogen (secondary N) is 2. The second-order valence-electron chi connectivity index (χ2n) is 7.04. The second kappa shape index (κ2) is 9.62. The SMILES string of the molecule is CC(C)c1ccc(NC(=S)NCCN2CCN(c3ncccn3)CC2)cc1. The van der Waals surface area contributed by atoms with Crippen LogP contribution in [0.4, 0.5) is 11.6 Å². The maximum atomic E-state index is 5.40. The molecule has 144 valence electrons. The van der Waals surface area contributed by atoms with Gasteiger partial charge in [0.05, 0.1) is 0 Å². The summed E-state index contributed by atoms with van der Waals surface area (Å²) in [5.74, 6) is 1.36. The van der Waals surface area contributed by atoms with Crippen LogP contribution in [0.5, 0.6) is 0 Å². The first-order valence-corrected chi connectivity index (χ1v) is 9.92. The Kier molecular flexibility index (Phi) is 6.95. The molecule has 6 nitrogen and oxygen atoms in total. The summed E-state index contributed by atoms with van der Waals surface area (Å²) in [4.78, 5) is 13.3. The predicted molar refractivity (Wildman–Crippen MR) is 115 cm³/mol. The topological polar surface area (TPSA) is 56.3 Å². The highest BCUT2D eigenvalue weighted by molar-refractivity contribution is 7.80. The Labute approximate surface area is 167 Å². The molecule has 3 rings (SSSR count). The minimum atomic E-state index is 0.540. The molecule has 0 bridgehead atoms. The molecule has 2 N–H and O–H groups in total. The van der Waals surface area contributed by atoms with Crippen molar-refractivity contribution in [1.82, 2.24) is 20.2 Å². The van der Waals surface area contributed by atoms with Gasteiger partial charge in [-0.3, -0.25) is 4.90 Å². The van der Waals surface area contributed by atoms with Crippen molar-refractivity contribution in [2.45, 2.75) is 19.8 Å². The maximum Gasteiger partial charge on any atom is 0.225 e. The van der Waals surface area contributed by atoms with E-state index in [1.165, 1.54) is 5.56 Å². The number of piperazine rings is 1. The van der Waals surface area contributed by atoms with Crippen molar-refractivity contribution < 1.29 is 0 Å². The number of anilines is 2. The van der Waals surface area contributed by atoms with E-state index < -0.39 is 0 Å². The third kappa shape index (κ3) is 5.87. The van der Waals surface area contributed by atoms with Gasteiger partial charge in [0.2, 0.25) is 5.95 Å². The molecular formula is C20H28N6S. The van der Waals surface area contributed by atoms with E-state index in [9.17, 15) is 0 Å². The Balaban J connectivity index is 1.34. The molecule has 0 radical (unpaired) electrons.